The average molecular weight is 442 g/mol. The van der Waals surface area contributed by atoms with Crippen molar-refractivity contribution in [1.82, 2.24) is 0 Å². The molecule has 0 saturated carbocycles. The van der Waals surface area contributed by atoms with E-state index in [1.54, 1.807) is 6.07 Å². The highest BCUT2D eigenvalue weighted by molar-refractivity contribution is 7.60. The van der Waals surface area contributed by atoms with Crippen LogP contribution in [-0.4, -0.2) is 16.6 Å². The molecule has 0 saturated heterocycles. The SMILES string of the molecule is O=P(O)(O)c1cccc(-c2ccc3c(c2)OCO3)c1C1c2ccccc2-c2ccccc21. The first kappa shape index (κ1) is 19.3. The molecule has 4 aromatic carbocycles. The molecule has 0 bridgehead atoms. The van der Waals surface area contributed by atoms with Crippen LogP contribution in [0.2, 0.25) is 0 Å². The van der Waals surface area contributed by atoms with Crippen LogP contribution in [0.15, 0.2) is 84.9 Å². The van der Waals surface area contributed by atoms with Crippen LogP contribution in [0, 0.1) is 0 Å². The normalized spacial score (nSPS) is 14.3. The van der Waals surface area contributed by atoms with Gasteiger partial charge in [-0.3, -0.25) is 4.57 Å². The van der Waals surface area contributed by atoms with Gasteiger partial charge < -0.3 is 19.3 Å². The molecular weight excluding hydrogens is 423 g/mol. The topological polar surface area (TPSA) is 76.0 Å². The minimum Gasteiger partial charge on any atom is -0.454 e. The number of hydrogen-bond acceptors (Lipinski definition) is 3. The van der Waals surface area contributed by atoms with Gasteiger partial charge in [0.1, 0.15) is 0 Å². The molecule has 158 valence electrons. The lowest BCUT2D eigenvalue weighted by Gasteiger charge is -2.23. The molecule has 0 spiro atoms. The van der Waals surface area contributed by atoms with Crippen LogP contribution in [0.4, 0.5) is 0 Å². The molecule has 0 unspecified atom stereocenters. The van der Waals surface area contributed by atoms with Crippen LogP contribution in [0.5, 0.6) is 11.5 Å². The lowest BCUT2D eigenvalue weighted by atomic mass is 9.84. The van der Waals surface area contributed by atoms with E-state index < -0.39 is 7.60 Å². The van der Waals surface area contributed by atoms with Gasteiger partial charge in [-0.15, -0.1) is 0 Å². The van der Waals surface area contributed by atoms with Crippen molar-refractivity contribution in [3.63, 3.8) is 0 Å². The molecule has 32 heavy (non-hydrogen) atoms. The first-order chi connectivity index (χ1) is 15.5. The van der Waals surface area contributed by atoms with Gasteiger partial charge in [-0.1, -0.05) is 66.7 Å². The molecule has 2 aliphatic rings. The summed E-state index contributed by atoms with van der Waals surface area (Å²) in [7, 11) is -4.55. The monoisotopic (exact) mass is 442 g/mol. The van der Waals surface area contributed by atoms with Crippen LogP contribution < -0.4 is 14.8 Å². The van der Waals surface area contributed by atoms with E-state index in [2.05, 4.69) is 12.1 Å². The zero-order valence-corrected chi connectivity index (χ0v) is 17.8. The molecule has 0 atom stereocenters. The Morgan fingerprint density at radius 2 is 1.34 bits per heavy atom. The van der Waals surface area contributed by atoms with Gasteiger partial charge in [-0.25, -0.2) is 0 Å². The van der Waals surface area contributed by atoms with Crippen molar-refractivity contribution < 1.29 is 23.8 Å². The summed E-state index contributed by atoms with van der Waals surface area (Å²) in [5.41, 5.74) is 6.46. The van der Waals surface area contributed by atoms with Gasteiger partial charge in [-0.2, -0.15) is 0 Å². The highest BCUT2D eigenvalue weighted by Crippen LogP contribution is 2.52. The molecule has 0 aromatic heterocycles. The smallest absolute Gasteiger partial charge is 0.356 e. The number of rotatable bonds is 3. The van der Waals surface area contributed by atoms with Gasteiger partial charge >= 0.3 is 7.60 Å². The van der Waals surface area contributed by atoms with Crippen LogP contribution in [0.3, 0.4) is 0 Å². The molecule has 0 amide bonds. The van der Waals surface area contributed by atoms with Crippen LogP contribution in [0.25, 0.3) is 22.3 Å². The first-order valence-corrected chi connectivity index (χ1v) is 11.9. The Kier molecular flexibility index (Phi) is 4.27. The maximum absolute atomic E-state index is 12.7. The summed E-state index contributed by atoms with van der Waals surface area (Å²) in [6, 6.07) is 26.9. The van der Waals surface area contributed by atoms with Gasteiger partial charge in [0.25, 0.3) is 0 Å². The molecule has 5 nitrogen and oxygen atoms in total. The molecular formula is C26H19O5P. The molecule has 2 N–H and O–H groups in total. The highest BCUT2D eigenvalue weighted by Gasteiger charge is 2.36. The van der Waals surface area contributed by atoms with Crippen molar-refractivity contribution in [1.29, 1.82) is 0 Å². The molecule has 1 aliphatic heterocycles. The Morgan fingerprint density at radius 1 is 0.719 bits per heavy atom. The number of hydrogen-bond donors (Lipinski definition) is 2. The predicted molar refractivity (Wildman–Crippen MR) is 123 cm³/mol. The number of fused-ring (bicyclic) bond motifs is 4. The third-order valence-corrected chi connectivity index (χ3v) is 7.22. The van der Waals surface area contributed by atoms with E-state index in [9.17, 15) is 14.4 Å². The van der Waals surface area contributed by atoms with E-state index in [4.69, 9.17) is 9.47 Å². The van der Waals surface area contributed by atoms with Crippen molar-refractivity contribution in [2.75, 3.05) is 6.79 Å². The fourth-order valence-electron chi connectivity index (χ4n) is 4.89. The minimum absolute atomic E-state index is 0.0455. The van der Waals surface area contributed by atoms with Gasteiger partial charge in [0, 0.05) is 5.92 Å². The van der Waals surface area contributed by atoms with E-state index in [1.165, 1.54) is 6.07 Å². The molecule has 0 radical (unpaired) electrons. The second kappa shape index (κ2) is 7.07. The zero-order valence-electron chi connectivity index (χ0n) is 16.9. The standard InChI is InChI=1S/C26H19O5P/c27-32(28,29)24-11-5-10-17(16-12-13-22-23(14-16)31-15-30-22)26(24)25-20-8-3-1-6-18(20)19-7-2-4-9-21(19)25/h1-14,25H,15H2,(H2,27,28,29). The number of ether oxygens (including phenoxy) is 2. The van der Waals surface area contributed by atoms with Crippen molar-refractivity contribution in [3.8, 4) is 33.8 Å². The maximum Gasteiger partial charge on any atom is 0.356 e. The van der Waals surface area contributed by atoms with Crippen LogP contribution in [0.1, 0.15) is 22.6 Å². The predicted octanol–water partition coefficient (Wildman–Crippen LogP) is 5.05. The van der Waals surface area contributed by atoms with Crippen LogP contribution in [-0.2, 0) is 4.57 Å². The summed E-state index contributed by atoms with van der Waals surface area (Å²) in [6.45, 7) is 0.164. The lowest BCUT2D eigenvalue weighted by Crippen LogP contribution is -2.17. The summed E-state index contributed by atoms with van der Waals surface area (Å²) in [4.78, 5) is 20.6. The van der Waals surface area contributed by atoms with Gasteiger partial charge in [0.2, 0.25) is 6.79 Å². The second-order valence-electron chi connectivity index (χ2n) is 7.96. The summed E-state index contributed by atoms with van der Waals surface area (Å²) < 4.78 is 23.7. The zero-order chi connectivity index (χ0) is 21.9. The Labute approximate surface area is 185 Å². The van der Waals surface area contributed by atoms with E-state index >= 15 is 0 Å². The molecule has 4 aromatic rings. The second-order valence-corrected chi connectivity index (χ2v) is 9.53. The Bertz CT molecular complexity index is 1380. The van der Waals surface area contributed by atoms with Crippen LogP contribution >= 0.6 is 7.60 Å². The van der Waals surface area contributed by atoms with Gasteiger partial charge in [0.05, 0.1) is 5.30 Å². The van der Waals surface area contributed by atoms with Gasteiger partial charge in [0.15, 0.2) is 11.5 Å². The molecule has 0 fully saturated rings. The summed E-state index contributed by atoms with van der Waals surface area (Å²) in [6.07, 6.45) is 0. The van der Waals surface area contributed by atoms with Crippen molar-refractivity contribution in [3.05, 3.63) is 102 Å². The average Bonchev–Trinajstić information content (AvgIpc) is 3.40. The third-order valence-electron chi connectivity index (χ3n) is 6.20. The Balaban J connectivity index is 1.67. The maximum atomic E-state index is 12.7. The number of benzene rings is 4. The van der Waals surface area contributed by atoms with Crippen molar-refractivity contribution in [2.45, 2.75) is 5.92 Å². The Morgan fingerprint density at radius 3 is 2.03 bits per heavy atom. The minimum atomic E-state index is -4.55. The fraction of sp³-hybridized carbons (Fsp3) is 0.0769. The molecule has 1 heterocycles. The quantitative estimate of drug-likeness (QED) is 0.383. The molecule has 1 aliphatic carbocycles. The van der Waals surface area contributed by atoms with E-state index in [-0.39, 0.29) is 18.0 Å². The summed E-state index contributed by atoms with van der Waals surface area (Å²) in [5.74, 6) is 0.993. The van der Waals surface area contributed by atoms with E-state index in [0.29, 0.717) is 17.1 Å². The fourth-order valence-corrected chi connectivity index (χ4v) is 5.74. The van der Waals surface area contributed by atoms with E-state index in [1.807, 2.05) is 60.7 Å². The largest absolute Gasteiger partial charge is 0.454 e. The molecule has 6 rings (SSSR count). The van der Waals surface area contributed by atoms with Crippen molar-refractivity contribution in [2.24, 2.45) is 0 Å². The third kappa shape index (κ3) is 2.90. The van der Waals surface area contributed by atoms with Gasteiger partial charge in [-0.05, 0) is 57.1 Å². The lowest BCUT2D eigenvalue weighted by molar-refractivity contribution is 0.174. The summed E-state index contributed by atoms with van der Waals surface area (Å²) >= 11 is 0. The Hall–Kier alpha value is -3.37. The first-order valence-electron chi connectivity index (χ1n) is 10.3. The summed E-state index contributed by atoms with van der Waals surface area (Å²) in [5, 5.41) is 0.0455. The highest BCUT2D eigenvalue weighted by atomic mass is 31.2. The molecule has 6 heteroatoms. The van der Waals surface area contributed by atoms with Crippen molar-refractivity contribution >= 4 is 12.9 Å². The van der Waals surface area contributed by atoms with E-state index in [0.717, 1.165) is 33.4 Å².